The number of hydrogen-bond donors (Lipinski definition) is 2. The van der Waals surface area contributed by atoms with Gasteiger partial charge in [0.25, 0.3) is 0 Å². The van der Waals surface area contributed by atoms with Crippen molar-refractivity contribution in [1.29, 1.82) is 0 Å². The molecule has 1 aliphatic rings. The first-order valence-corrected chi connectivity index (χ1v) is 9.86. The van der Waals surface area contributed by atoms with Crippen molar-refractivity contribution in [3.05, 3.63) is 71.7 Å². The number of halogens is 1. The second-order valence-corrected chi connectivity index (χ2v) is 7.78. The van der Waals surface area contributed by atoms with Crippen molar-refractivity contribution < 1.29 is 19.0 Å². The number of aromatic amines is 1. The maximum atomic E-state index is 13.7. The van der Waals surface area contributed by atoms with Gasteiger partial charge < -0.3 is 19.7 Å². The summed E-state index contributed by atoms with van der Waals surface area (Å²) in [6.07, 6.45) is 2.03. The topological polar surface area (TPSA) is 65.6 Å². The number of aliphatic hydroxyl groups is 1. The Kier molecular flexibility index (Phi) is 5.39. The van der Waals surface area contributed by atoms with E-state index in [1.807, 2.05) is 37.3 Å². The number of H-pyrrole nitrogens is 1. The number of amides is 1. The Bertz CT molecular complexity index is 1000. The van der Waals surface area contributed by atoms with Gasteiger partial charge in [0.15, 0.2) is 0 Å². The minimum atomic E-state index is -1.07. The molecule has 2 heterocycles. The van der Waals surface area contributed by atoms with E-state index in [2.05, 4.69) is 4.98 Å². The van der Waals surface area contributed by atoms with Gasteiger partial charge in [0.2, 0.25) is 5.91 Å². The quantitative estimate of drug-likeness (QED) is 0.671. The van der Waals surface area contributed by atoms with Crippen LogP contribution >= 0.6 is 0 Å². The molecule has 29 heavy (non-hydrogen) atoms. The Morgan fingerprint density at radius 1 is 1.31 bits per heavy atom. The number of nitrogens with one attached hydrogen (secondary N) is 1. The lowest BCUT2D eigenvalue weighted by Gasteiger charge is -2.33. The lowest BCUT2D eigenvalue weighted by Crippen LogP contribution is -2.49. The highest BCUT2D eigenvalue weighted by atomic mass is 19.1. The van der Waals surface area contributed by atoms with Crippen molar-refractivity contribution >= 4 is 16.8 Å². The molecular weight excluding hydrogens is 371 g/mol. The minimum absolute atomic E-state index is 0.119. The van der Waals surface area contributed by atoms with Crippen LogP contribution in [0.25, 0.3) is 10.9 Å². The molecule has 152 valence electrons. The molecule has 3 aromatic rings. The maximum Gasteiger partial charge on any atom is 0.227 e. The van der Waals surface area contributed by atoms with E-state index in [1.54, 1.807) is 17.2 Å². The van der Waals surface area contributed by atoms with E-state index >= 15 is 0 Å². The zero-order valence-corrected chi connectivity index (χ0v) is 16.4. The van der Waals surface area contributed by atoms with E-state index in [-0.39, 0.29) is 30.8 Å². The molecule has 2 atom stereocenters. The molecular formula is C23H25FN2O3. The summed E-state index contributed by atoms with van der Waals surface area (Å²) in [4.78, 5) is 18.0. The Hall–Kier alpha value is -2.70. The number of nitrogens with zero attached hydrogens (tertiary/aromatic N) is 1. The smallest absolute Gasteiger partial charge is 0.227 e. The molecule has 1 saturated heterocycles. The van der Waals surface area contributed by atoms with Crippen LogP contribution in [-0.4, -0.2) is 45.8 Å². The van der Waals surface area contributed by atoms with Crippen LogP contribution in [0.4, 0.5) is 4.39 Å². The Labute approximate surface area is 169 Å². The first kappa shape index (κ1) is 19.6. The summed E-state index contributed by atoms with van der Waals surface area (Å²) < 4.78 is 19.2. The zero-order valence-electron chi connectivity index (χ0n) is 16.4. The van der Waals surface area contributed by atoms with Gasteiger partial charge in [0, 0.05) is 36.7 Å². The van der Waals surface area contributed by atoms with E-state index in [9.17, 15) is 14.3 Å². The molecule has 0 saturated carbocycles. The normalized spacial score (nSPS) is 21.6. The summed E-state index contributed by atoms with van der Waals surface area (Å²) in [7, 11) is 0. The van der Waals surface area contributed by atoms with Gasteiger partial charge in [0.05, 0.1) is 19.1 Å². The fraction of sp³-hybridized carbons (Fsp3) is 0.348. The van der Waals surface area contributed by atoms with Crippen molar-refractivity contribution in [2.75, 3.05) is 13.2 Å². The highest BCUT2D eigenvalue weighted by Gasteiger charge is 2.41. The summed E-state index contributed by atoms with van der Waals surface area (Å²) in [6.45, 7) is 2.90. The maximum absolute atomic E-state index is 13.7. The van der Waals surface area contributed by atoms with Crippen LogP contribution in [0.3, 0.4) is 0 Å². The number of hydrogen-bond acceptors (Lipinski definition) is 3. The molecule has 1 aliphatic heterocycles. The van der Waals surface area contributed by atoms with Gasteiger partial charge in [-0.15, -0.1) is 0 Å². The number of ether oxygens (including phenoxy) is 1. The predicted octanol–water partition coefficient (Wildman–Crippen LogP) is 3.42. The molecule has 0 bridgehead atoms. The number of aromatic nitrogens is 1. The van der Waals surface area contributed by atoms with Crippen molar-refractivity contribution in [3.8, 4) is 0 Å². The molecule has 6 heteroatoms. The fourth-order valence-corrected chi connectivity index (χ4v) is 3.92. The van der Waals surface area contributed by atoms with E-state index in [4.69, 9.17) is 4.74 Å². The molecule has 2 N–H and O–H groups in total. The van der Waals surface area contributed by atoms with E-state index in [0.717, 1.165) is 16.6 Å². The van der Waals surface area contributed by atoms with E-state index in [1.165, 1.54) is 12.1 Å². The summed E-state index contributed by atoms with van der Waals surface area (Å²) in [5.41, 5.74) is 1.45. The fourth-order valence-electron chi connectivity index (χ4n) is 3.92. The van der Waals surface area contributed by atoms with Gasteiger partial charge in [-0.2, -0.15) is 0 Å². The molecule has 5 nitrogen and oxygen atoms in total. The summed E-state index contributed by atoms with van der Waals surface area (Å²) in [5.74, 6) is -0.454. The molecule has 1 fully saturated rings. The van der Waals surface area contributed by atoms with Crippen LogP contribution < -0.4 is 0 Å². The van der Waals surface area contributed by atoms with Gasteiger partial charge >= 0.3 is 0 Å². The van der Waals surface area contributed by atoms with Crippen molar-refractivity contribution in [3.63, 3.8) is 0 Å². The van der Waals surface area contributed by atoms with Crippen LogP contribution in [0, 0.1) is 5.82 Å². The number of carbonyl (C=O) groups excluding carboxylic acids is 1. The summed E-state index contributed by atoms with van der Waals surface area (Å²) >= 11 is 0. The van der Waals surface area contributed by atoms with Gasteiger partial charge in [-0.1, -0.05) is 30.3 Å². The van der Waals surface area contributed by atoms with E-state index in [0.29, 0.717) is 25.0 Å². The lowest BCUT2D eigenvalue weighted by atomic mass is 9.95. The third-order valence-corrected chi connectivity index (χ3v) is 5.76. The monoisotopic (exact) mass is 396 g/mol. The first-order chi connectivity index (χ1) is 13.9. The third kappa shape index (κ3) is 4.18. The molecule has 0 unspecified atom stereocenters. The van der Waals surface area contributed by atoms with Crippen LogP contribution in [0.1, 0.15) is 24.5 Å². The van der Waals surface area contributed by atoms with Gasteiger partial charge in [-0.25, -0.2) is 4.39 Å². The van der Waals surface area contributed by atoms with E-state index < -0.39 is 5.60 Å². The standard InChI is InChI=1S/C23H25FN2O3/c1-16-23(28,9-10-29-16)15-26(14-17-5-3-2-4-6-17)22(27)11-18-13-25-21-8-7-19(24)12-20(18)21/h2-8,12-13,16,25,28H,9-11,14-15H2,1H3/t16-,23-/m0/s1. The molecule has 0 spiro atoms. The lowest BCUT2D eigenvalue weighted by molar-refractivity contribution is -0.136. The summed E-state index contributed by atoms with van der Waals surface area (Å²) in [5, 5.41) is 11.7. The summed E-state index contributed by atoms with van der Waals surface area (Å²) in [6, 6.07) is 14.2. The molecule has 2 aromatic carbocycles. The van der Waals surface area contributed by atoms with Crippen molar-refractivity contribution in [2.24, 2.45) is 0 Å². The van der Waals surface area contributed by atoms with Crippen LogP contribution in [0.2, 0.25) is 0 Å². The molecule has 1 amide bonds. The predicted molar refractivity (Wildman–Crippen MR) is 109 cm³/mol. The third-order valence-electron chi connectivity index (χ3n) is 5.76. The SMILES string of the molecule is C[C@@H]1OCC[C@]1(O)CN(Cc1ccccc1)C(=O)Cc1c[nH]c2ccc(F)cc12. The highest BCUT2D eigenvalue weighted by molar-refractivity contribution is 5.89. The second-order valence-electron chi connectivity index (χ2n) is 7.78. The van der Waals surface area contributed by atoms with Crippen LogP contribution in [0.15, 0.2) is 54.7 Å². The average Bonchev–Trinajstić information content (AvgIpc) is 3.25. The Balaban J connectivity index is 1.58. The van der Waals surface area contributed by atoms with Gasteiger partial charge in [0.1, 0.15) is 11.4 Å². The van der Waals surface area contributed by atoms with Gasteiger partial charge in [-0.3, -0.25) is 4.79 Å². The average molecular weight is 396 g/mol. The highest BCUT2D eigenvalue weighted by Crippen LogP contribution is 2.28. The Morgan fingerprint density at radius 2 is 2.10 bits per heavy atom. The largest absolute Gasteiger partial charge is 0.385 e. The first-order valence-electron chi connectivity index (χ1n) is 9.86. The van der Waals surface area contributed by atoms with Crippen molar-refractivity contribution in [2.45, 2.75) is 38.0 Å². The molecule has 0 radical (unpaired) electrons. The number of benzene rings is 2. The number of fused-ring (bicyclic) bond motifs is 1. The van der Waals surface area contributed by atoms with Crippen molar-refractivity contribution in [1.82, 2.24) is 9.88 Å². The number of carbonyl (C=O) groups is 1. The minimum Gasteiger partial charge on any atom is -0.385 e. The van der Waals surface area contributed by atoms with Crippen LogP contribution in [0.5, 0.6) is 0 Å². The zero-order chi connectivity index (χ0) is 20.4. The molecule has 1 aromatic heterocycles. The number of rotatable bonds is 6. The second kappa shape index (κ2) is 7.97. The molecule has 0 aliphatic carbocycles. The van der Waals surface area contributed by atoms with Gasteiger partial charge in [-0.05, 0) is 36.2 Å². The molecule has 4 rings (SSSR count). The Morgan fingerprint density at radius 3 is 2.83 bits per heavy atom. The van der Waals surface area contributed by atoms with Crippen LogP contribution in [-0.2, 0) is 22.5 Å².